The summed E-state index contributed by atoms with van der Waals surface area (Å²) in [6.45, 7) is 1.94. The largest absolute Gasteiger partial charge is 0.497 e. The average molecular weight is 408 g/mol. The molecular weight excluding hydrogens is 392 g/mol. The molecule has 0 saturated heterocycles. The minimum absolute atomic E-state index is 0.121. The molecule has 0 aliphatic heterocycles. The van der Waals surface area contributed by atoms with Gasteiger partial charge in [-0.15, -0.1) is 0 Å². The number of aryl methyl sites for hydroxylation is 1. The van der Waals surface area contributed by atoms with Crippen LogP contribution in [0.3, 0.4) is 0 Å². The van der Waals surface area contributed by atoms with Gasteiger partial charge in [-0.25, -0.2) is 9.48 Å². The number of carbonyl (C=O) groups excluding carboxylic acids is 1. The Morgan fingerprint density at radius 1 is 1.10 bits per heavy atom. The number of aromatic nitrogens is 3. The van der Waals surface area contributed by atoms with E-state index in [0.29, 0.717) is 32.5 Å². The Kier molecular flexibility index (Phi) is 4.73. The van der Waals surface area contributed by atoms with Crippen LogP contribution >= 0.6 is 11.3 Å². The first-order valence-electron chi connectivity index (χ1n) is 8.61. The Bertz CT molecular complexity index is 1210. The predicted octanol–water partition coefficient (Wildman–Crippen LogP) is 3.75. The minimum Gasteiger partial charge on any atom is -0.497 e. The lowest BCUT2D eigenvalue weighted by Crippen LogP contribution is -2.11. The molecule has 2 N–H and O–H groups in total. The number of amides is 1. The molecule has 4 aromatic rings. The van der Waals surface area contributed by atoms with E-state index in [1.807, 2.05) is 19.1 Å². The number of hydrogen-bond donors (Lipinski definition) is 2. The highest BCUT2D eigenvalue weighted by Gasteiger charge is 2.22. The van der Waals surface area contributed by atoms with Crippen molar-refractivity contribution in [2.75, 3.05) is 12.4 Å². The number of hydrogen-bond acceptors (Lipinski definition) is 6. The normalized spacial score (nSPS) is 10.8. The van der Waals surface area contributed by atoms with E-state index in [4.69, 9.17) is 4.74 Å². The molecular formula is C20H16N4O4S. The van der Waals surface area contributed by atoms with Crippen molar-refractivity contribution in [3.05, 3.63) is 65.4 Å². The number of carboxylic acids is 1. The van der Waals surface area contributed by atoms with Crippen LogP contribution in [0.15, 0.2) is 48.5 Å². The lowest BCUT2D eigenvalue weighted by molar-refractivity contribution is 0.0692. The van der Waals surface area contributed by atoms with Crippen LogP contribution in [-0.4, -0.2) is 38.9 Å². The first-order valence-corrected chi connectivity index (χ1v) is 9.43. The summed E-state index contributed by atoms with van der Waals surface area (Å²) < 4.78 is 6.97. The molecule has 0 aliphatic carbocycles. The first-order chi connectivity index (χ1) is 14.0. The molecule has 2 aromatic heterocycles. The molecule has 0 aliphatic rings. The smallest absolute Gasteiger partial charge is 0.358 e. The van der Waals surface area contributed by atoms with Crippen LogP contribution in [0.25, 0.3) is 16.0 Å². The van der Waals surface area contributed by atoms with Gasteiger partial charge in [0.25, 0.3) is 5.91 Å². The highest BCUT2D eigenvalue weighted by Crippen LogP contribution is 2.31. The number of rotatable bonds is 5. The van der Waals surface area contributed by atoms with Gasteiger partial charge < -0.3 is 9.84 Å². The van der Waals surface area contributed by atoms with E-state index in [2.05, 4.69) is 15.4 Å². The van der Waals surface area contributed by atoms with E-state index in [0.717, 1.165) is 16.9 Å². The number of benzene rings is 2. The molecule has 2 heterocycles. The van der Waals surface area contributed by atoms with Gasteiger partial charge in [-0.3, -0.25) is 10.1 Å². The number of carboxylic acid groups (broad SMARTS) is 1. The van der Waals surface area contributed by atoms with E-state index in [9.17, 15) is 14.7 Å². The third-order valence-corrected chi connectivity index (χ3v) is 5.25. The topological polar surface area (TPSA) is 106 Å². The van der Waals surface area contributed by atoms with Crippen molar-refractivity contribution in [1.29, 1.82) is 0 Å². The maximum atomic E-state index is 12.5. The van der Waals surface area contributed by atoms with Gasteiger partial charge in [0.1, 0.15) is 10.4 Å². The van der Waals surface area contributed by atoms with E-state index in [-0.39, 0.29) is 11.6 Å². The Labute approximate surface area is 169 Å². The maximum absolute atomic E-state index is 12.5. The Hall–Kier alpha value is -3.72. The Morgan fingerprint density at radius 2 is 1.79 bits per heavy atom. The van der Waals surface area contributed by atoms with E-state index < -0.39 is 5.97 Å². The fraction of sp³-hybridized carbons (Fsp3) is 0.100. The van der Waals surface area contributed by atoms with Crippen LogP contribution in [0.1, 0.15) is 26.4 Å². The number of methoxy groups -OCH3 is 1. The summed E-state index contributed by atoms with van der Waals surface area (Å²) in [5.41, 5.74) is 2.41. The molecule has 29 heavy (non-hydrogen) atoms. The highest BCUT2D eigenvalue weighted by molar-refractivity contribution is 7.22. The molecule has 0 bridgehead atoms. The summed E-state index contributed by atoms with van der Waals surface area (Å²) in [6.07, 6.45) is 0. The lowest BCUT2D eigenvalue weighted by Gasteiger charge is -2.04. The number of ether oxygens (including phenoxy) is 1. The highest BCUT2D eigenvalue weighted by atomic mass is 32.1. The van der Waals surface area contributed by atoms with Gasteiger partial charge in [0.2, 0.25) is 0 Å². The molecule has 8 nitrogen and oxygen atoms in total. The number of thiazole rings is 1. The van der Waals surface area contributed by atoms with Gasteiger partial charge in [-0.05, 0) is 43.3 Å². The second-order valence-electron chi connectivity index (χ2n) is 6.26. The predicted molar refractivity (Wildman–Crippen MR) is 109 cm³/mol. The number of carbonyl (C=O) groups is 2. The van der Waals surface area contributed by atoms with E-state index >= 15 is 0 Å². The zero-order chi connectivity index (χ0) is 20.5. The Morgan fingerprint density at radius 3 is 2.41 bits per heavy atom. The fourth-order valence-electron chi connectivity index (χ4n) is 2.77. The maximum Gasteiger partial charge on any atom is 0.358 e. The monoisotopic (exact) mass is 408 g/mol. The van der Waals surface area contributed by atoms with Crippen molar-refractivity contribution in [2.24, 2.45) is 0 Å². The molecule has 0 radical (unpaired) electrons. The minimum atomic E-state index is -1.16. The van der Waals surface area contributed by atoms with Gasteiger partial charge in [-0.2, -0.15) is 10.1 Å². The number of nitrogens with one attached hydrogen (secondary N) is 1. The number of aromatic carboxylic acids is 1. The molecule has 0 unspecified atom stereocenters. The summed E-state index contributed by atoms with van der Waals surface area (Å²) in [6, 6.07) is 14.1. The number of anilines is 1. The van der Waals surface area contributed by atoms with Crippen LogP contribution in [0, 0.1) is 6.92 Å². The van der Waals surface area contributed by atoms with Crippen LogP contribution < -0.4 is 10.1 Å². The third kappa shape index (κ3) is 3.55. The van der Waals surface area contributed by atoms with Crippen LogP contribution in [0.2, 0.25) is 0 Å². The van der Waals surface area contributed by atoms with Crippen molar-refractivity contribution in [2.45, 2.75) is 6.92 Å². The van der Waals surface area contributed by atoms with Gasteiger partial charge in [0, 0.05) is 5.56 Å². The molecule has 0 fully saturated rings. The quantitative estimate of drug-likeness (QED) is 0.521. The summed E-state index contributed by atoms with van der Waals surface area (Å²) in [4.78, 5) is 28.5. The van der Waals surface area contributed by atoms with Crippen molar-refractivity contribution >= 4 is 38.7 Å². The van der Waals surface area contributed by atoms with Crippen LogP contribution in [0.5, 0.6) is 5.75 Å². The lowest BCUT2D eigenvalue weighted by atomic mass is 10.1. The molecule has 4 rings (SSSR count). The van der Waals surface area contributed by atoms with E-state index in [1.165, 1.54) is 4.68 Å². The molecule has 146 valence electrons. The molecule has 9 heteroatoms. The SMILES string of the molecule is COc1ccc(-n2nc(C(=O)O)c3sc(NC(=O)c4ccc(C)cc4)nc32)cc1. The molecule has 0 saturated carbocycles. The average Bonchev–Trinajstić information content (AvgIpc) is 3.27. The standard InChI is InChI=1S/C20H16N4O4S/c1-11-3-5-12(6-4-11)18(25)22-20-21-17-16(29-20)15(19(26)27)23-24(17)13-7-9-14(28-2)10-8-13/h3-10H,1-2H3,(H,26,27)(H,21,22,25). The molecule has 1 amide bonds. The van der Waals surface area contributed by atoms with Gasteiger partial charge in [0.05, 0.1) is 12.8 Å². The number of fused-ring (bicyclic) bond motifs is 1. The summed E-state index contributed by atoms with van der Waals surface area (Å²) >= 11 is 1.07. The van der Waals surface area contributed by atoms with Crippen molar-refractivity contribution in [3.8, 4) is 11.4 Å². The number of nitrogens with zero attached hydrogens (tertiary/aromatic N) is 3. The molecule has 0 spiro atoms. The van der Waals surface area contributed by atoms with Crippen LogP contribution in [0.4, 0.5) is 5.13 Å². The van der Waals surface area contributed by atoms with Crippen LogP contribution in [-0.2, 0) is 0 Å². The van der Waals surface area contributed by atoms with Gasteiger partial charge in [0.15, 0.2) is 16.5 Å². The van der Waals surface area contributed by atoms with Crippen molar-refractivity contribution < 1.29 is 19.4 Å². The van der Waals surface area contributed by atoms with Crippen molar-refractivity contribution in [3.63, 3.8) is 0 Å². The second-order valence-corrected chi connectivity index (χ2v) is 7.25. The zero-order valence-corrected chi connectivity index (χ0v) is 16.4. The summed E-state index contributed by atoms with van der Waals surface area (Å²) in [7, 11) is 1.56. The fourth-order valence-corrected chi connectivity index (χ4v) is 3.69. The third-order valence-electron chi connectivity index (χ3n) is 4.28. The van der Waals surface area contributed by atoms with Gasteiger partial charge >= 0.3 is 5.97 Å². The van der Waals surface area contributed by atoms with Crippen molar-refractivity contribution in [1.82, 2.24) is 14.8 Å². The molecule has 2 aromatic carbocycles. The molecule has 0 atom stereocenters. The summed E-state index contributed by atoms with van der Waals surface area (Å²) in [5, 5.41) is 16.7. The zero-order valence-electron chi connectivity index (χ0n) is 15.5. The Balaban J connectivity index is 1.72. The summed E-state index contributed by atoms with van der Waals surface area (Å²) in [5.74, 6) is -0.815. The second kappa shape index (κ2) is 7.36. The van der Waals surface area contributed by atoms with E-state index in [1.54, 1.807) is 43.5 Å². The van der Waals surface area contributed by atoms with Gasteiger partial charge in [-0.1, -0.05) is 29.0 Å². The first kappa shape index (κ1) is 18.6.